The Kier molecular flexibility index (Phi) is 6.38. The molecule has 0 saturated carbocycles. The van der Waals surface area contributed by atoms with Crippen LogP contribution >= 0.6 is 15.2 Å². The molecule has 11 heteroatoms. The number of hydrogen-bond acceptors (Lipinski definition) is 4. The van der Waals surface area contributed by atoms with E-state index < -0.39 is 32.4 Å². The molecule has 0 bridgehead atoms. The van der Waals surface area contributed by atoms with E-state index in [4.69, 9.17) is 19.6 Å². The van der Waals surface area contributed by atoms with Crippen molar-refractivity contribution in [3.63, 3.8) is 0 Å². The maximum atomic E-state index is 11.2. The van der Waals surface area contributed by atoms with E-state index in [1.807, 2.05) is 0 Å². The van der Waals surface area contributed by atoms with Crippen LogP contribution in [0.5, 0.6) is 0 Å². The minimum atomic E-state index is -5.21. The number of rotatable bonds is 4. The Morgan fingerprint density at radius 3 is 2.11 bits per heavy atom. The average Bonchev–Trinajstić information content (AvgIpc) is 2.14. The molecule has 0 aliphatic heterocycles. The normalized spacial score (nSPS) is 15.6. The molecule has 0 radical (unpaired) electrons. The van der Waals surface area contributed by atoms with Crippen molar-refractivity contribution < 1.29 is 64.8 Å². The molecule has 0 spiro atoms. The zero-order chi connectivity index (χ0) is 13.3. The van der Waals surface area contributed by atoms with Gasteiger partial charge in [0.25, 0.3) is 0 Å². The zero-order valence-corrected chi connectivity index (χ0v) is 13.2. The molecule has 0 saturated heterocycles. The van der Waals surface area contributed by atoms with Crippen LogP contribution in [0.2, 0.25) is 0 Å². The second-order valence-electron chi connectivity index (χ2n) is 3.40. The number of nitrogens with zero attached hydrogens (tertiary/aromatic N) is 1. The summed E-state index contributed by atoms with van der Waals surface area (Å²) in [6.45, 7) is 0. The second-order valence-corrected chi connectivity index (χ2v) is 6.87. The van der Waals surface area contributed by atoms with Crippen molar-refractivity contribution in [2.75, 3.05) is 6.16 Å². The summed E-state index contributed by atoms with van der Waals surface area (Å²) in [7, 11) is -10.0. The van der Waals surface area contributed by atoms with E-state index in [0.29, 0.717) is 0 Å². The van der Waals surface area contributed by atoms with Crippen LogP contribution < -0.4 is 29.6 Å². The fraction of sp³-hybridized carbons (Fsp3) is 0.286. The largest absolute Gasteiger partial charge is 1.00 e. The molecule has 1 aromatic heterocycles. The van der Waals surface area contributed by atoms with Gasteiger partial charge in [0, 0.05) is 6.20 Å². The maximum Gasteiger partial charge on any atom is 1.00 e. The SMILES string of the molecule is O=P(O)(O)CC(O)(c1ccccn1)P(=O)(O)O.[H-].[Na+]. The van der Waals surface area contributed by atoms with E-state index in [-0.39, 0.29) is 31.0 Å². The molecule has 0 fully saturated rings. The number of hydrogen-bond donors (Lipinski definition) is 5. The molecule has 1 atom stereocenters. The van der Waals surface area contributed by atoms with Crippen molar-refractivity contribution >= 4 is 15.2 Å². The Hall–Kier alpha value is 0.410. The van der Waals surface area contributed by atoms with Crippen molar-refractivity contribution in [2.45, 2.75) is 5.34 Å². The van der Waals surface area contributed by atoms with Crippen LogP contribution in [0.15, 0.2) is 24.4 Å². The van der Waals surface area contributed by atoms with Gasteiger partial charge in [-0.1, -0.05) is 6.07 Å². The van der Waals surface area contributed by atoms with Crippen molar-refractivity contribution in [3.8, 4) is 0 Å². The quantitative estimate of drug-likeness (QED) is 0.287. The van der Waals surface area contributed by atoms with E-state index >= 15 is 0 Å². The van der Waals surface area contributed by atoms with Crippen LogP contribution in [0.1, 0.15) is 7.12 Å². The van der Waals surface area contributed by atoms with Crippen molar-refractivity contribution in [3.05, 3.63) is 30.1 Å². The monoisotopic (exact) mass is 307 g/mol. The van der Waals surface area contributed by atoms with Gasteiger partial charge in [0.2, 0.25) is 5.34 Å². The summed E-state index contributed by atoms with van der Waals surface area (Å²) < 4.78 is 22.0. The summed E-state index contributed by atoms with van der Waals surface area (Å²) in [5.74, 6) is 0. The van der Waals surface area contributed by atoms with Gasteiger partial charge < -0.3 is 26.1 Å². The molecular weight excluding hydrogens is 295 g/mol. The van der Waals surface area contributed by atoms with Gasteiger partial charge in [-0.25, -0.2) is 0 Å². The molecule has 18 heavy (non-hydrogen) atoms. The first-order valence-electron chi connectivity index (χ1n) is 4.30. The van der Waals surface area contributed by atoms with Crippen LogP contribution in [-0.2, 0) is 14.5 Å². The minimum absolute atomic E-state index is 0. The molecule has 0 aromatic carbocycles. The smallest absolute Gasteiger partial charge is 1.00 e. The van der Waals surface area contributed by atoms with Crippen molar-refractivity contribution in [1.29, 1.82) is 0 Å². The number of pyridine rings is 1. The van der Waals surface area contributed by atoms with Crippen LogP contribution in [-0.4, -0.2) is 35.8 Å². The first kappa shape index (κ1) is 18.4. The van der Waals surface area contributed by atoms with E-state index in [2.05, 4.69) is 4.98 Å². The molecule has 0 amide bonds. The molecular formula is C7H12NNaO7P2. The van der Waals surface area contributed by atoms with Gasteiger partial charge in [-0.15, -0.1) is 0 Å². The molecule has 8 nitrogen and oxygen atoms in total. The van der Waals surface area contributed by atoms with Gasteiger partial charge in [0.1, 0.15) is 0 Å². The van der Waals surface area contributed by atoms with E-state index in [0.717, 1.165) is 12.3 Å². The molecule has 1 heterocycles. The maximum absolute atomic E-state index is 11.2. The fourth-order valence-electron chi connectivity index (χ4n) is 1.21. The summed E-state index contributed by atoms with van der Waals surface area (Å²) in [5.41, 5.74) is -0.489. The van der Waals surface area contributed by atoms with Gasteiger partial charge in [0.05, 0.1) is 11.9 Å². The van der Waals surface area contributed by atoms with E-state index in [9.17, 15) is 14.2 Å². The standard InChI is InChI=1S/C7H11NO7P2.Na.H/c9-7(17(13,14)15,5-16(10,11)12)6-3-1-2-4-8-6;;/h1-4,9H,5H2,(H2,10,11,12)(H2,13,14,15);;/q;+1;-1. The van der Waals surface area contributed by atoms with Crippen molar-refractivity contribution in [1.82, 2.24) is 4.98 Å². The zero-order valence-electron chi connectivity index (χ0n) is 10.4. The summed E-state index contributed by atoms with van der Waals surface area (Å²) in [6.07, 6.45) is -0.253. The van der Waals surface area contributed by atoms with E-state index in [1.54, 1.807) is 0 Å². The van der Waals surface area contributed by atoms with Gasteiger partial charge in [-0.2, -0.15) is 0 Å². The number of aliphatic hydroxyl groups is 1. The summed E-state index contributed by atoms with van der Waals surface area (Å²) in [6, 6.07) is 3.85. The van der Waals surface area contributed by atoms with E-state index in [1.165, 1.54) is 12.1 Å². The average molecular weight is 307 g/mol. The molecule has 0 aliphatic rings. The summed E-state index contributed by atoms with van der Waals surface area (Å²) in [4.78, 5) is 39.1. The second kappa shape index (κ2) is 6.24. The third-order valence-electron chi connectivity index (χ3n) is 1.98. The fourth-order valence-corrected chi connectivity index (χ4v) is 3.67. The summed E-state index contributed by atoms with van der Waals surface area (Å²) in [5, 5.41) is 6.84. The topological polar surface area (TPSA) is 148 Å². The van der Waals surface area contributed by atoms with Gasteiger partial charge >= 0.3 is 44.7 Å². The molecule has 5 N–H and O–H groups in total. The first-order chi connectivity index (χ1) is 7.56. The van der Waals surface area contributed by atoms with Gasteiger partial charge in [-0.3, -0.25) is 14.1 Å². The third-order valence-corrected chi connectivity index (χ3v) is 4.45. The van der Waals surface area contributed by atoms with Crippen LogP contribution in [0.3, 0.4) is 0 Å². The summed E-state index contributed by atoms with van der Waals surface area (Å²) >= 11 is 0. The van der Waals surface area contributed by atoms with Crippen LogP contribution in [0, 0.1) is 0 Å². The molecule has 98 valence electrons. The van der Waals surface area contributed by atoms with Crippen molar-refractivity contribution in [2.24, 2.45) is 0 Å². The molecule has 1 unspecified atom stereocenters. The molecule has 0 aliphatic carbocycles. The Morgan fingerprint density at radius 2 is 1.78 bits per heavy atom. The molecule has 1 aromatic rings. The number of aromatic nitrogens is 1. The van der Waals surface area contributed by atoms with Gasteiger partial charge in [-0.05, 0) is 12.1 Å². The Labute approximate surface area is 126 Å². The predicted octanol–water partition coefficient (Wildman–Crippen LogP) is -3.30. The van der Waals surface area contributed by atoms with Gasteiger partial charge in [0.15, 0.2) is 0 Å². The minimum Gasteiger partial charge on any atom is -1.00 e. The predicted molar refractivity (Wildman–Crippen MR) is 58.2 cm³/mol. The van der Waals surface area contributed by atoms with Crippen LogP contribution in [0.4, 0.5) is 0 Å². The molecule has 1 rings (SSSR count). The first-order valence-corrected chi connectivity index (χ1v) is 7.71. The third kappa shape index (κ3) is 4.51. The Bertz CT molecular complexity index is 491. The Morgan fingerprint density at radius 1 is 1.22 bits per heavy atom. The van der Waals surface area contributed by atoms with Crippen LogP contribution in [0.25, 0.3) is 0 Å². The Balaban J connectivity index is 0.